The van der Waals surface area contributed by atoms with E-state index in [2.05, 4.69) is 52.2 Å². The van der Waals surface area contributed by atoms with Gasteiger partial charge in [-0.15, -0.1) is 31.2 Å². The fourth-order valence-corrected chi connectivity index (χ4v) is 11.6. The molecule has 0 unspecified atom stereocenters. The summed E-state index contributed by atoms with van der Waals surface area (Å²) in [6.07, 6.45) is 0.247. The van der Waals surface area contributed by atoms with Crippen molar-refractivity contribution in [2.24, 2.45) is 36.2 Å². The number of hydrogen-bond donors (Lipinski definition) is 10. The third kappa shape index (κ3) is 13.9. The average Bonchev–Trinajstić information content (AvgIpc) is 1.21. The zero-order valence-electron chi connectivity index (χ0n) is 48.6. The van der Waals surface area contributed by atoms with Crippen LogP contribution in [0.15, 0.2) is 82.0 Å². The normalized spacial score (nSPS) is 19.0. The van der Waals surface area contributed by atoms with Gasteiger partial charge in [-0.05, 0) is 62.7 Å². The highest BCUT2D eigenvalue weighted by molar-refractivity contribution is 7.81. The number of hydrogen-bond acceptors (Lipinski definition) is 26. The number of nitrogens with one attached hydrogen (secondary N) is 6. The summed E-state index contributed by atoms with van der Waals surface area (Å²) in [5.41, 5.74) is 6.82. The first-order valence-electron chi connectivity index (χ1n) is 27.6. The van der Waals surface area contributed by atoms with Crippen LogP contribution in [0.4, 0.5) is 21.9 Å². The molecule has 2 aromatic carbocycles. The number of carboxylic acid groups (broad SMARTS) is 2. The summed E-state index contributed by atoms with van der Waals surface area (Å²) in [4.78, 5) is 98.8. The minimum absolute atomic E-state index is 0.00527. The molecule has 0 bridgehead atoms. The predicted molar refractivity (Wildman–Crippen MR) is 319 cm³/mol. The molecule has 4 aromatic heterocycles. The standard InChI is InChI=1S/C54H62N16O16S3/c1-53(2)43(63-45(71)41(35-25-87-51(55)61-35)65-83-37(49(75)76)23-81-33-9-7-29-13-39(59-19-27-15-57-16-27)67(5)21-31(29)11-33)47(73)69(53)85-89(79,80)86-70-48(74)44(54(70,3)4)64-46(72)42(36-26-88-52(56)62-36)66-84-38(50(77)78)24-82-34-10-8-30-14-40(60-20-28-17-58-18-28)68(6)22-32(30)12-34/h7-14,21-22,25-28,37-38,43-44,57-58H,15-20,23-24H2,1-6H3,(H8,55,56,61,62,63,64,71,72,75,76,77,78)/p+2/b65-41-,66-42-/t37-,38-,43+,44+/m0/s1. The van der Waals surface area contributed by atoms with Crippen molar-refractivity contribution in [2.75, 3.05) is 74.6 Å². The van der Waals surface area contributed by atoms with Gasteiger partial charge >= 0.3 is 22.3 Å². The highest BCUT2D eigenvalue weighted by Crippen LogP contribution is 2.37. The Morgan fingerprint density at radius 3 is 1.39 bits per heavy atom. The van der Waals surface area contributed by atoms with E-state index in [1.807, 2.05) is 59.9 Å². The lowest BCUT2D eigenvalue weighted by Gasteiger charge is -2.52. The largest absolute Gasteiger partial charge is 0.489 e. The number of pyridine rings is 2. The first-order chi connectivity index (χ1) is 42.2. The van der Waals surface area contributed by atoms with Gasteiger partial charge in [0.05, 0.1) is 50.7 Å². The molecule has 0 aliphatic carbocycles. The van der Waals surface area contributed by atoms with Crippen LogP contribution in [-0.4, -0.2) is 174 Å². The molecular formula is C54H64N16O16S3+2. The van der Waals surface area contributed by atoms with E-state index >= 15 is 0 Å². The number of nitrogens with two attached hydrogens (primary N) is 2. The molecule has 472 valence electrons. The van der Waals surface area contributed by atoms with E-state index in [0.29, 0.717) is 33.5 Å². The second-order valence-electron chi connectivity index (χ2n) is 22.4. The van der Waals surface area contributed by atoms with Crippen molar-refractivity contribution in [3.8, 4) is 11.5 Å². The molecule has 4 amide bonds. The smallest absolute Gasteiger partial charge is 0.442 e. The quantitative estimate of drug-likeness (QED) is 0.0128. The Hall–Kier alpha value is -9.13. The molecule has 12 N–H and O–H groups in total. The second-order valence-corrected chi connectivity index (χ2v) is 25.3. The molecule has 4 aliphatic rings. The highest BCUT2D eigenvalue weighted by Gasteiger charge is 2.61. The summed E-state index contributed by atoms with van der Waals surface area (Å²) < 4.78 is 52.5. The van der Waals surface area contributed by atoms with Gasteiger partial charge in [-0.3, -0.25) is 29.8 Å². The number of rotatable bonds is 28. The number of benzene rings is 2. The Morgan fingerprint density at radius 1 is 0.674 bits per heavy atom. The first-order valence-corrected chi connectivity index (χ1v) is 30.7. The summed E-state index contributed by atoms with van der Waals surface area (Å²) in [6, 6.07) is 11.3. The van der Waals surface area contributed by atoms with E-state index in [-0.39, 0.29) is 21.7 Å². The summed E-state index contributed by atoms with van der Waals surface area (Å²) in [6.45, 7) is 9.58. The molecule has 0 spiro atoms. The zero-order valence-corrected chi connectivity index (χ0v) is 51.1. The van der Waals surface area contributed by atoms with Crippen molar-refractivity contribution < 1.29 is 84.2 Å². The molecule has 4 aliphatic heterocycles. The monoisotopic (exact) mass is 1290 g/mol. The van der Waals surface area contributed by atoms with E-state index in [1.54, 1.807) is 24.3 Å². The number of anilines is 4. The number of β-lactam (4-membered cyclic amide) rings is 2. The van der Waals surface area contributed by atoms with Crippen LogP contribution in [0.25, 0.3) is 21.5 Å². The average molecular weight is 1290 g/mol. The van der Waals surface area contributed by atoms with Gasteiger partial charge in [0.15, 0.2) is 21.7 Å². The van der Waals surface area contributed by atoms with Gasteiger partial charge in [-0.2, -0.15) is 18.5 Å². The number of aliphatic carboxylic acids is 2. The number of carbonyl (C=O) groups is 6. The third-order valence-corrected chi connectivity index (χ3v) is 17.1. The van der Waals surface area contributed by atoms with Crippen LogP contribution in [0.1, 0.15) is 39.1 Å². The predicted octanol–water partition coefficient (Wildman–Crippen LogP) is -0.493. The van der Waals surface area contributed by atoms with Crippen LogP contribution >= 0.6 is 22.7 Å². The Balaban J connectivity index is 0.738. The number of amides is 4. The van der Waals surface area contributed by atoms with Gasteiger partial charge in [0.1, 0.15) is 48.2 Å². The van der Waals surface area contributed by atoms with Gasteiger partial charge in [0.2, 0.25) is 0 Å². The van der Waals surface area contributed by atoms with Crippen molar-refractivity contribution in [1.82, 2.24) is 41.4 Å². The van der Waals surface area contributed by atoms with Crippen molar-refractivity contribution in [3.63, 3.8) is 0 Å². The Kier molecular flexibility index (Phi) is 18.0. The highest BCUT2D eigenvalue weighted by atomic mass is 32.3. The van der Waals surface area contributed by atoms with Crippen LogP contribution in [0.2, 0.25) is 0 Å². The van der Waals surface area contributed by atoms with Crippen LogP contribution in [0.3, 0.4) is 0 Å². The maximum Gasteiger partial charge on any atom is 0.442 e. The van der Waals surface area contributed by atoms with E-state index in [4.69, 9.17) is 39.2 Å². The zero-order chi connectivity index (χ0) is 63.7. The lowest BCUT2D eigenvalue weighted by Crippen LogP contribution is -2.78. The van der Waals surface area contributed by atoms with Crippen LogP contribution in [0, 0.1) is 11.8 Å². The molecule has 35 heteroatoms. The maximum atomic E-state index is 13.9. The molecule has 0 saturated carbocycles. The lowest BCUT2D eigenvalue weighted by atomic mass is 9.84. The number of hydroxylamine groups is 4. The topological polar surface area (TPSA) is 421 Å². The number of fused-ring (bicyclic) bond motifs is 2. The Morgan fingerprint density at radius 2 is 1.07 bits per heavy atom. The molecule has 4 atom stereocenters. The van der Waals surface area contributed by atoms with E-state index in [1.165, 1.54) is 38.5 Å². The van der Waals surface area contributed by atoms with Crippen LogP contribution in [-0.2, 0) is 71.5 Å². The van der Waals surface area contributed by atoms with Gasteiger partial charge in [0.25, 0.3) is 47.5 Å². The van der Waals surface area contributed by atoms with Crippen molar-refractivity contribution >= 4 is 124 Å². The molecule has 10 rings (SSSR count). The lowest BCUT2D eigenvalue weighted by molar-refractivity contribution is -0.656. The molecule has 0 radical (unpaired) electrons. The number of carboxylic acids is 2. The summed E-state index contributed by atoms with van der Waals surface area (Å²) >= 11 is 1.82. The van der Waals surface area contributed by atoms with Crippen LogP contribution in [0.5, 0.6) is 11.5 Å². The number of thiazole rings is 2. The summed E-state index contributed by atoms with van der Waals surface area (Å²) in [5.74, 6) is -3.96. The van der Waals surface area contributed by atoms with E-state index in [0.717, 1.165) is 95.1 Å². The van der Waals surface area contributed by atoms with Crippen LogP contribution < -0.4 is 62.0 Å². The van der Waals surface area contributed by atoms with Gasteiger partial charge in [-0.25, -0.2) is 28.7 Å². The molecule has 89 heavy (non-hydrogen) atoms. The van der Waals surface area contributed by atoms with Gasteiger partial charge < -0.3 is 62.1 Å². The number of ether oxygens (including phenoxy) is 2. The molecule has 4 fully saturated rings. The minimum Gasteiger partial charge on any atom is -0.489 e. The molecule has 32 nitrogen and oxygen atoms in total. The van der Waals surface area contributed by atoms with Crippen molar-refractivity contribution in [2.45, 2.75) is 63.1 Å². The number of nitrogen functional groups attached to an aromatic ring is 2. The van der Waals surface area contributed by atoms with Gasteiger partial charge in [0, 0.05) is 71.7 Å². The number of aryl methyl sites for hydroxylation is 2. The van der Waals surface area contributed by atoms with Crippen molar-refractivity contribution in [3.05, 3.63) is 83.1 Å². The Bertz CT molecular complexity index is 3700. The molecule has 8 heterocycles. The molecule has 6 aromatic rings. The number of aromatic nitrogens is 4. The summed E-state index contributed by atoms with van der Waals surface area (Å²) in [5, 5.41) is 52.9. The maximum absolute atomic E-state index is 13.9. The van der Waals surface area contributed by atoms with E-state index in [9.17, 15) is 47.4 Å². The SMILES string of the molecule is C[n+]1cc2cc(OC[C@H](O/N=C(\C(=O)N[C@@H]3C(=O)N(OS(=O)(=O)ON4C(=O)[C@@H](NC(=O)/C(=N\O[C@@H](COc5ccc6cc(NCC7CNC7)[n+](C)cc6c5)C(=O)O)c5csc(N)n5)C4(C)C)C3(C)C)c3csc(N)n3)C(=O)O)ccc2cc1NCC1CNC1. The fraction of sp³-hybridized carbons (Fsp3) is 0.407. The number of carbonyl (C=O) groups excluding carboxylic acids is 4. The molecular weight excluding hydrogens is 1220 g/mol. The first kappa shape index (κ1) is 62.9. The second kappa shape index (κ2) is 25.5. The summed E-state index contributed by atoms with van der Waals surface area (Å²) in [7, 11) is -1.58. The van der Waals surface area contributed by atoms with Gasteiger partial charge in [-0.1, -0.05) is 22.4 Å². The van der Waals surface area contributed by atoms with E-state index < -0.39 is 106 Å². The fourth-order valence-electron chi connectivity index (χ4n) is 9.58. The Labute approximate surface area is 515 Å². The number of nitrogens with zero attached hydrogens (tertiary/aromatic N) is 8. The number of oxime groups is 2. The van der Waals surface area contributed by atoms with Crippen molar-refractivity contribution in [1.29, 1.82) is 0 Å². The molecule has 4 saturated heterocycles. The third-order valence-electron chi connectivity index (χ3n) is 15.1. The minimum atomic E-state index is -5.36.